The molecule has 3 nitrogen and oxygen atoms in total. The number of rotatable bonds is 4. The highest BCUT2D eigenvalue weighted by Gasteiger charge is 2.04. The van der Waals surface area contributed by atoms with Gasteiger partial charge in [0, 0.05) is 6.54 Å². The molecule has 0 aliphatic heterocycles. The van der Waals surface area contributed by atoms with Crippen LogP contribution in [0.2, 0.25) is 0 Å². The smallest absolute Gasteiger partial charge is 0.410 e. The third kappa shape index (κ3) is 4.02. The summed E-state index contributed by atoms with van der Waals surface area (Å²) >= 11 is 0. The minimum atomic E-state index is -0.377. The molecule has 0 unspecified atom stereocenters. The van der Waals surface area contributed by atoms with E-state index in [4.69, 9.17) is 4.74 Å². The number of carbonyl (C=O) groups excluding carboxylic acids is 1. The fourth-order valence-corrected chi connectivity index (χ4v) is 1.17. The average molecular weight is 207 g/mol. The Hall–Kier alpha value is -1.51. The van der Waals surface area contributed by atoms with Gasteiger partial charge in [0.25, 0.3) is 0 Å². The van der Waals surface area contributed by atoms with Crippen LogP contribution in [0.25, 0.3) is 0 Å². The van der Waals surface area contributed by atoms with Crippen LogP contribution < -0.4 is 10.1 Å². The van der Waals surface area contributed by atoms with Gasteiger partial charge in [-0.05, 0) is 25.0 Å². The summed E-state index contributed by atoms with van der Waals surface area (Å²) in [5.74, 6) is 0.617. The first-order chi connectivity index (χ1) is 7.24. The lowest BCUT2D eigenvalue weighted by Crippen LogP contribution is -2.27. The van der Waals surface area contributed by atoms with Gasteiger partial charge in [0.2, 0.25) is 0 Å². The highest BCUT2D eigenvalue weighted by molar-refractivity contribution is 5.70. The Balaban J connectivity index is 2.41. The van der Waals surface area contributed by atoms with Crippen LogP contribution in [0.5, 0.6) is 5.75 Å². The van der Waals surface area contributed by atoms with Crippen molar-refractivity contribution in [2.75, 3.05) is 6.54 Å². The van der Waals surface area contributed by atoms with Crippen LogP contribution >= 0.6 is 0 Å². The number of para-hydroxylation sites is 1. The number of carbonyl (C=O) groups is 1. The minimum Gasteiger partial charge on any atom is -0.410 e. The number of hydrogen-bond donors (Lipinski definition) is 1. The maximum absolute atomic E-state index is 11.3. The second kappa shape index (κ2) is 6.06. The van der Waals surface area contributed by atoms with Gasteiger partial charge in [-0.3, -0.25) is 0 Å². The molecule has 0 aliphatic carbocycles. The van der Waals surface area contributed by atoms with Gasteiger partial charge in [0.1, 0.15) is 5.75 Å². The molecule has 1 aromatic rings. The summed E-state index contributed by atoms with van der Waals surface area (Å²) in [4.78, 5) is 11.3. The number of amides is 1. The molecule has 0 radical (unpaired) electrons. The van der Waals surface area contributed by atoms with E-state index in [-0.39, 0.29) is 6.09 Å². The van der Waals surface area contributed by atoms with Crippen molar-refractivity contribution < 1.29 is 9.53 Å². The number of aryl methyl sites for hydroxylation is 1. The van der Waals surface area contributed by atoms with Crippen molar-refractivity contribution in [1.82, 2.24) is 5.32 Å². The van der Waals surface area contributed by atoms with Crippen LogP contribution in [0.4, 0.5) is 4.79 Å². The summed E-state index contributed by atoms with van der Waals surface area (Å²) in [5, 5.41) is 2.70. The Morgan fingerprint density at radius 3 is 2.80 bits per heavy atom. The fourth-order valence-electron chi connectivity index (χ4n) is 1.17. The normalized spacial score (nSPS) is 9.73. The SMILES string of the molecule is CCCCNC(=O)Oc1ccccc1C. The van der Waals surface area contributed by atoms with Crippen molar-refractivity contribution in [1.29, 1.82) is 0 Å². The third-order valence-electron chi connectivity index (χ3n) is 2.10. The first kappa shape index (κ1) is 11.6. The summed E-state index contributed by atoms with van der Waals surface area (Å²) in [6, 6.07) is 7.46. The zero-order chi connectivity index (χ0) is 11.1. The summed E-state index contributed by atoms with van der Waals surface area (Å²) in [6.45, 7) is 4.66. The van der Waals surface area contributed by atoms with Crippen LogP contribution in [0, 0.1) is 6.92 Å². The topological polar surface area (TPSA) is 38.3 Å². The second-order valence-electron chi connectivity index (χ2n) is 3.44. The van der Waals surface area contributed by atoms with Crippen LogP contribution in [0.1, 0.15) is 25.3 Å². The summed E-state index contributed by atoms with van der Waals surface area (Å²) in [5.41, 5.74) is 0.961. The number of benzene rings is 1. The molecule has 0 saturated heterocycles. The number of hydrogen-bond acceptors (Lipinski definition) is 2. The molecule has 82 valence electrons. The Kier molecular flexibility index (Phi) is 4.68. The average Bonchev–Trinajstić information content (AvgIpc) is 2.22. The summed E-state index contributed by atoms with van der Waals surface area (Å²) in [7, 11) is 0. The molecule has 0 saturated carbocycles. The highest BCUT2D eigenvalue weighted by atomic mass is 16.6. The van der Waals surface area contributed by atoms with Crippen LogP contribution in [-0.4, -0.2) is 12.6 Å². The lowest BCUT2D eigenvalue weighted by atomic mass is 10.2. The monoisotopic (exact) mass is 207 g/mol. The fraction of sp³-hybridized carbons (Fsp3) is 0.417. The Labute approximate surface area is 90.4 Å². The van der Waals surface area contributed by atoms with E-state index in [0.717, 1.165) is 18.4 Å². The second-order valence-corrected chi connectivity index (χ2v) is 3.44. The van der Waals surface area contributed by atoms with Gasteiger partial charge in [0.15, 0.2) is 0 Å². The van der Waals surface area contributed by atoms with Crippen molar-refractivity contribution >= 4 is 6.09 Å². The largest absolute Gasteiger partial charge is 0.412 e. The molecular formula is C12H17NO2. The first-order valence-electron chi connectivity index (χ1n) is 5.25. The predicted molar refractivity (Wildman–Crippen MR) is 60.1 cm³/mol. The molecule has 0 spiro atoms. The van der Waals surface area contributed by atoms with E-state index in [1.54, 1.807) is 6.07 Å². The maximum atomic E-state index is 11.3. The van der Waals surface area contributed by atoms with Gasteiger partial charge in [-0.1, -0.05) is 31.5 Å². The molecule has 3 heteroatoms. The van der Waals surface area contributed by atoms with Gasteiger partial charge >= 0.3 is 6.09 Å². The van der Waals surface area contributed by atoms with Gasteiger partial charge in [-0.25, -0.2) is 4.79 Å². The zero-order valence-corrected chi connectivity index (χ0v) is 9.25. The van der Waals surface area contributed by atoms with Crippen molar-refractivity contribution in [3.8, 4) is 5.75 Å². The lowest BCUT2D eigenvalue weighted by Gasteiger charge is -2.07. The van der Waals surface area contributed by atoms with Crippen molar-refractivity contribution in [2.45, 2.75) is 26.7 Å². The quantitative estimate of drug-likeness (QED) is 0.771. The van der Waals surface area contributed by atoms with E-state index in [1.165, 1.54) is 0 Å². The molecule has 0 heterocycles. The third-order valence-corrected chi connectivity index (χ3v) is 2.10. The highest BCUT2D eigenvalue weighted by Crippen LogP contribution is 2.15. The van der Waals surface area contributed by atoms with E-state index in [1.807, 2.05) is 25.1 Å². The molecule has 0 fully saturated rings. The first-order valence-corrected chi connectivity index (χ1v) is 5.25. The van der Waals surface area contributed by atoms with E-state index < -0.39 is 0 Å². The Bertz CT molecular complexity index is 323. The predicted octanol–water partition coefficient (Wildman–Crippen LogP) is 2.88. The molecule has 1 amide bonds. The number of nitrogens with one attached hydrogen (secondary N) is 1. The van der Waals surface area contributed by atoms with E-state index in [9.17, 15) is 4.79 Å². The maximum Gasteiger partial charge on any atom is 0.412 e. The summed E-state index contributed by atoms with van der Waals surface area (Å²) < 4.78 is 5.14. The molecule has 0 atom stereocenters. The molecule has 0 aliphatic rings. The van der Waals surface area contributed by atoms with E-state index in [2.05, 4.69) is 12.2 Å². The van der Waals surface area contributed by atoms with Gasteiger partial charge in [0.05, 0.1) is 0 Å². The van der Waals surface area contributed by atoms with Crippen molar-refractivity contribution in [3.05, 3.63) is 29.8 Å². The Morgan fingerprint density at radius 2 is 2.13 bits per heavy atom. The van der Waals surface area contributed by atoms with Crippen LogP contribution in [-0.2, 0) is 0 Å². The van der Waals surface area contributed by atoms with E-state index >= 15 is 0 Å². The van der Waals surface area contributed by atoms with Crippen molar-refractivity contribution in [2.24, 2.45) is 0 Å². The minimum absolute atomic E-state index is 0.377. The summed E-state index contributed by atoms with van der Waals surface area (Å²) in [6.07, 6.45) is 1.66. The van der Waals surface area contributed by atoms with E-state index in [0.29, 0.717) is 12.3 Å². The standard InChI is InChI=1S/C12H17NO2/c1-3-4-9-13-12(14)15-11-8-6-5-7-10(11)2/h5-8H,3-4,9H2,1-2H3,(H,13,14). The molecule has 15 heavy (non-hydrogen) atoms. The lowest BCUT2D eigenvalue weighted by molar-refractivity contribution is 0.200. The molecule has 1 rings (SSSR count). The number of unbranched alkanes of at least 4 members (excludes halogenated alkanes) is 1. The molecule has 1 N–H and O–H groups in total. The van der Waals surface area contributed by atoms with Crippen LogP contribution in [0.15, 0.2) is 24.3 Å². The van der Waals surface area contributed by atoms with Gasteiger partial charge in [-0.15, -0.1) is 0 Å². The van der Waals surface area contributed by atoms with Gasteiger partial charge < -0.3 is 10.1 Å². The van der Waals surface area contributed by atoms with Crippen molar-refractivity contribution in [3.63, 3.8) is 0 Å². The Morgan fingerprint density at radius 1 is 1.40 bits per heavy atom. The zero-order valence-electron chi connectivity index (χ0n) is 9.25. The molecular weight excluding hydrogens is 190 g/mol. The molecule has 0 aromatic heterocycles. The van der Waals surface area contributed by atoms with Crippen LogP contribution in [0.3, 0.4) is 0 Å². The molecule has 0 bridgehead atoms. The molecule has 1 aromatic carbocycles. The number of ether oxygens (including phenoxy) is 1. The van der Waals surface area contributed by atoms with Gasteiger partial charge in [-0.2, -0.15) is 0 Å².